The fourth-order valence-electron chi connectivity index (χ4n) is 4.15. The van der Waals surface area contributed by atoms with Gasteiger partial charge in [0.2, 0.25) is 0 Å². The van der Waals surface area contributed by atoms with Crippen molar-refractivity contribution in [3.05, 3.63) is 71.8 Å². The summed E-state index contributed by atoms with van der Waals surface area (Å²) in [6.45, 7) is 24.5. The maximum atomic E-state index is 9.27. The van der Waals surface area contributed by atoms with Crippen molar-refractivity contribution in [2.24, 2.45) is 0 Å². The van der Waals surface area contributed by atoms with Gasteiger partial charge in [0.1, 0.15) is 0 Å². The summed E-state index contributed by atoms with van der Waals surface area (Å²) in [6.07, 6.45) is 5.80. The summed E-state index contributed by atoms with van der Waals surface area (Å²) >= 11 is 10.2. The van der Waals surface area contributed by atoms with E-state index in [1.165, 1.54) is 12.8 Å². The molecule has 0 bridgehead atoms. The number of aliphatic hydroxyl groups is 2. The van der Waals surface area contributed by atoms with Gasteiger partial charge in [-0.25, -0.2) is 30.1 Å². The average Bonchev–Trinajstić information content (AvgIpc) is 2.85. The van der Waals surface area contributed by atoms with E-state index in [0.29, 0.717) is 23.7 Å². The van der Waals surface area contributed by atoms with E-state index in [0.717, 1.165) is 12.8 Å². The molecule has 1 aliphatic carbocycles. The number of hydrogen-bond donors (Lipinski definition) is 2. The molecule has 0 aromatic heterocycles. The predicted octanol–water partition coefficient (Wildman–Crippen LogP) is 12.5. The van der Waals surface area contributed by atoms with Gasteiger partial charge in [-0.15, -0.1) is 23.2 Å². The second kappa shape index (κ2) is 20.7. The predicted molar refractivity (Wildman–Crippen MR) is 202 cm³/mol. The molecule has 0 heterocycles. The Morgan fingerprint density at radius 2 is 0.773 bits per heavy atom. The zero-order valence-electron chi connectivity index (χ0n) is 29.4. The van der Waals surface area contributed by atoms with Gasteiger partial charge in [-0.2, -0.15) is 0 Å². The molecular formula is C36H60AlCl5O2. The first-order valence-electron chi connectivity index (χ1n) is 15.4. The van der Waals surface area contributed by atoms with Crippen molar-refractivity contribution < 1.29 is 10.2 Å². The van der Waals surface area contributed by atoms with Gasteiger partial charge in [-0.3, -0.25) is 0 Å². The van der Waals surface area contributed by atoms with Crippen molar-refractivity contribution in [1.82, 2.24) is 0 Å². The van der Waals surface area contributed by atoms with Crippen molar-refractivity contribution in [3.63, 3.8) is 0 Å². The van der Waals surface area contributed by atoms with E-state index in [1.807, 2.05) is 64.1 Å². The van der Waals surface area contributed by atoms with Crippen LogP contribution in [0.5, 0.6) is 0 Å². The van der Waals surface area contributed by atoms with Gasteiger partial charge in [0.05, 0.1) is 11.2 Å². The molecule has 2 aromatic carbocycles. The maximum absolute atomic E-state index is 9.27. The van der Waals surface area contributed by atoms with Crippen LogP contribution in [0.2, 0.25) is 0 Å². The molecule has 0 unspecified atom stereocenters. The first kappa shape index (κ1) is 46.5. The summed E-state index contributed by atoms with van der Waals surface area (Å²) in [5.74, 6) is 0. The molecule has 0 radical (unpaired) electrons. The largest absolute Gasteiger partial charge is 0.643 e. The minimum Gasteiger partial charge on any atom is -0.390 e. The summed E-state index contributed by atoms with van der Waals surface area (Å²) in [4.78, 5) is -0.210. The molecule has 0 saturated carbocycles. The van der Waals surface area contributed by atoms with Crippen LogP contribution in [0.1, 0.15) is 133 Å². The van der Waals surface area contributed by atoms with E-state index >= 15 is 0 Å². The fourth-order valence-corrected chi connectivity index (χ4v) is 4.34. The summed E-state index contributed by atoms with van der Waals surface area (Å²) in [5, 5.41) is 18.5. The van der Waals surface area contributed by atoms with Crippen LogP contribution < -0.4 is 0 Å². The molecule has 0 amide bonds. The first-order valence-corrected chi connectivity index (χ1v) is 21.4. The third-order valence-electron chi connectivity index (χ3n) is 7.09. The van der Waals surface area contributed by atoms with Crippen LogP contribution in [-0.4, -0.2) is 42.5 Å². The molecule has 2 nitrogen and oxygen atoms in total. The minimum absolute atomic E-state index is 0.105. The van der Waals surface area contributed by atoms with E-state index in [2.05, 4.69) is 52.0 Å². The molecule has 0 aliphatic heterocycles. The van der Waals surface area contributed by atoms with Gasteiger partial charge in [0.15, 0.2) is 0 Å². The lowest BCUT2D eigenvalue weighted by molar-refractivity contribution is 0.0169. The number of benzene rings is 2. The second-order valence-electron chi connectivity index (χ2n) is 15.3. The molecule has 0 saturated heterocycles. The van der Waals surface area contributed by atoms with E-state index < -0.39 is 22.6 Å². The highest BCUT2D eigenvalue weighted by atomic mass is 35.8. The SMILES string of the molecule is CC(C)(Cl)CCC(C)(C)Cl.CC(C)(O)CCC(C)(C)O.CC1(C)CCC(C)(C)c2ccccc21.[Cl][Al]([Cl])[Cl].c1ccccc1. The van der Waals surface area contributed by atoms with Crippen LogP contribution in [-0.2, 0) is 10.8 Å². The molecule has 254 valence electrons. The minimum atomic E-state index is -1.72. The Morgan fingerprint density at radius 3 is 0.955 bits per heavy atom. The molecule has 3 rings (SSSR count). The fraction of sp³-hybridized carbons (Fsp3) is 0.667. The highest BCUT2D eigenvalue weighted by molar-refractivity contribution is 7.54. The number of rotatable bonds is 6. The quantitative estimate of drug-likeness (QED) is 0.230. The van der Waals surface area contributed by atoms with Gasteiger partial charge in [-0.1, -0.05) is 88.4 Å². The Kier molecular flexibility index (Phi) is 21.8. The summed E-state index contributed by atoms with van der Waals surface area (Å²) in [7, 11) is 14.8. The van der Waals surface area contributed by atoms with Crippen LogP contribution in [0.25, 0.3) is 0 Å². The number of fused-ring (bicyclic) bond motifs is 1. The van der Waals surface area contributed by atoms with Crippen molar-refractivity contribution in [2.75, 3.05) is 0 Å². The maximum Gasteiger partial charge on any atom is 0.643 e. The topological polar surface area (TPSA) is 40.5 Å². The molecule has 2 aromatic rings. The van der Waals surface area contributed by atoms with E-state index in [9.17, 15) is 10.2 Å². The lowest BCUT2D eigenvalue weighted by Crippen LogP contribution is -2.33. The molecule has 44 heavy (non-hydrogen) atoms. The van der Waals surface area contributed by atoms with Crippen molar-refractivity contribution in [3.8, 4) is 0 Å². The Bertz CT molecular complexity index is 880. The van der Waals surface area contributed by atoms with Crippen LogP contribution in [0.15, 0.2) is 60.7 Å². The van der Waals surface area contributed by atoms with Crippen LogP contribution in [0.4, 0.5) is 0 Å². The lowest BCUT2D eigenvalue weighted by Gasteiger charge is -2.41. The Hall–Kier alpha value is 0.342. The standard InChI is InChI=1S/C14H20.C8H16Cl2.C8H18O2.C6H6.Al.3ClH/c1-13(2)9-10-14(3,4)12-8-6-5-7-11(12)13;2*1-7(2,9)5-6-8(3,4)10;1-2-4-6-5-3-1;;;;/h5-8H,9-10H2,1-4H3;5-6H2,1-4H3;9-10H,5-6H2,1-4H3;1-6H;;3*1H/q;;;;+3;;;/p-3. The Balaban J connectivity index is 0. The Labute approximate surface area is 298 Å². The van der Waals surface area contributed by atoms with Gasteiger partial charge < -0.3 is 10.2 Å². The first-order chi connectivity index (χ1) is 19.6. The van der Waals surface area contributed by atoms with Crippen LogP contribution in [0.3, 0.4) is 0 Å². The van der Waals surface area contributed by atoms with E-state index in [1.54, 1.807) is 38.8 Å². The van der Waals surface area contributed by atoms with Crippen molar-refractivity contribution in [2.45, 2.75) is 153 Å². The normalized spacial score (nSPS) is 15.2. The average molecular weight is 729 g/mol. The molecule has 0 fully saturated rings. The third kappa shape index (κ3) is 28.6. The van der Waals surface area contributed by atoms with Gasteiger partial charge in [0.25, 0.3) is 0 Å². The van der Waals surface area contributed by atoms with Crippen LogP contribution in [0, 0.1) is 0 Å². The lowest BCUT2D eigenvalue weighted by atomic mass is 9.63. The summed E-state index contributed by atoms with van der Waals surface area (Å²) in [6, 6.07) is 20.9. The van der Waals surface area contributed by atoms with Crippen molar-refractivity contribution >= 4 is 64.7 Å². The molecule has 1 aliphatic rings. The Morgan fingerprint density at radius 1 is 0.545 bits per heavy atom. The summed E-state index contributed by atoms with van der Waals surface area (Å²) < 4.78 is 0. The van der Waals surface area contributed by atoms with Crippen LogP contribution >= 0.6 is 53.3 Å². The molecule has 0 spiro atoms. The van der Waals surface area contributed by atoms with Crippen molar-refractivity contribution in [1.29, 1.82) is 0 Å². The summed E-state index contributed by atoms with van der Waals surface area (Å²) in [5.41, 5.74) is 2.53. The highest BCUT2D eigenvalue weighted by Gasteiger charge is 2.36. The van der Waals surface area contributed by atoms with E-state index in [-0.39, 0.29) is 9.75 Å². The second-order valence-corrected chi connectivity index (χ2v) is 23.8. The van der Waals surface area contributed by atoms with Gasteiger partial charge in [0, 0.05) is 9.75 Å². The molecular weight excluding hydrogens is 669 g/mol. The van der Waals surface area contributed by atoms with Gasteiger partial charge >= 0.3 is 11.4 Å². The molecule has 8 heteroatoms. The zero-order valence-corrected chi connectivity index (χ0v) is 34.3. The van der Waals surface area contributed by atoms with Gasteiger partial charge in [-0.05, 0) is 116 Å². The van der Waals surface area contributed by atoms with E-state index in [4.69, 9.17) is 53.3 Å². The smallest absolute Gasteiger partial charge is 0.390 e. The molecule has 2 N–H and O–H groups in total. The number of alkyl halides is 2. The number of halogens is 5. The third-order valence-corrected chi connectivity index (χ3v) is 7.47. The molecule has 0 atom stereocenters. The number of hydrogen-bond acceptors (Lipinski definition) is 2. The highest BCUT2D eigenvalue weighted by Crippen LogP contribution is 2.45. The monoisotopic (exact) mass is 726 g/mol. The zero-order chi connectivity index (χ0) is 35.0.